The molecule has 1 amide bonds. The highest BCUT2D eigenvalue weighted by atomic mass is 16.5. The van der Waals surface area contributed by atoms with Crippen LogP contribution in [0.2, 0.25) is 0 Å². The van der Waals surface area contributed by atoms with E-state index in [4.69, 9.17) is 38.9 Å². The van der Waals surface area contributed by atoms with E-state index >= 15 is 0 Å². The van der Waals surface area contributed by atoms with Gasteiger partial charge < -0.3 is 48.9 Å². The molecule has 3 aromatic rings. The number of carbonyl (C=O) groups is 1. The fourth-order valence-corrected chi connectivity index (χ4v) is 6.13. The highest BCUT2D eigenvalue weighted by Gasteiger charge is 2.41. The molecule has 1 saturated heterocycles. The second-order valence-corrected chi connectivity index (χ2v) is 12.9. The highest BCUT2D eigenvalue weighted by Crippen LogP contribution is 2.34. The Morgan fingerprint density at radius 1 is 0.863 bits per heavy atom. The molecule has 3 N–H and O–H groups in total. The molecule has 1 aliphatic rings. The van der Waals surface area contributed by atoms with Gasteiger partial charge in [-0.25, -0.2) is 0 Å². The maximum absolute atomic E-state index is 13.4. The molecule has 1 heterocycles. The van der Waals surface area contributed by atoms with Crippen LogP contribution in [0.4, 0.5) is 0 Å². The first kappa shape index (κ1) is 39.9. The molecule has 0 bridgehead atoms. The molecule has 1 aliphatic heterocycles. The van der Waals surface area contributed by atoms with E-state index in [0.717, 1.165) is 47.5 Å². The van der Waals surface area contributed by atoms with Crippen LogP contribution in [0.15, 0.2) is 66.7 Å². The molecule has 1 unspecified atom stereocenters. The Balaban J connectivity index is 1.40. The van der Waals surface area contributed by atoms with Crippen molar-refractivity contribution in [2.75, 3.05) is 60.8 Å². The predicted octanol–water partition coefficient (Wildman–Crippen LogP) is 5.35. The summed E-state index contributed by atoms with van der Waals surface area (Å²) in [7, 11) is 4.92. The van der Waals surface area contributed by atoms with Crippen molar-refractivity contribution in [2.45, 2.75) is 70.5 Å². The van der Waals surface area contributed by atoms with Gasteiger partial charge in [-0.3, -0.25) is 4.79 Å². The summed E-state index contributed by atoms with van der Waals surface area (Å²) in [5.74, 6) is 2.23. The van der Waals surface area contributed by atoms with E-state index in [9.17, 15) is 9.90 Å². The molecule has 11 nitrogen and oxygen atoms in total. The molecule has 280 valence electrons. The number of rotatable bonds is 21. The summed E-state index contributed by atoms with van der Waals surface area (Å²) in [6.07, 6.45) is 0.890. The van der Waals surface area contributed by atoms with Gasteiger partial charge in [0.2, 0.25) is 5.91 Å². The number of ether oxygens (including phenoxy) is 7. The van der Waals surface area contributed by atoms with Gasteiger partial charge in [0.15, 0.2) is 11.5 Å². The number of β-amino-alcohol motifs (C(OH)–C–C–N with tert-alkyl or cyclic N) is 1. The number of hydrogen-bond donors (Lipinski definition) is 2. The molecular formula is C40H56N2O9. The minimum Gasteiger partial charge on any atom is -0.496 e. The van der Waals surface area contributed by atoms with Crippen molar-refractivity contribution >= 4 is 5.91 Å². The van der Waals surface area contributed by atoms with Crippen molar-refractivity contribution in [1.29, 1.82) is 0 Å². The van der Waals surface area contributed by atoms with E-state index in [2.05, 4.69) is 0 Å². The van der Waals surface area contributed by atoms with Crippen molar-refractivity contribution in [1.82, 2.24) is 4.90 Å². The quantitative estimate of drug-likeness (QED) is 0.140. The van der Waals surface area contributed by atoms with Gasteiger partial charge >= 0.3 is 0 Å². The first-order chi connectivity index (χ1) is 24.8. The lowest BCUT2D eigenvalue weighted by Gasteiger charge is -2.43. The molecule has 0 saturated carbocycles. The Kier molecular flexibility index (Phi) is 16.3. The third-order valence-electron chi connectivity index (χ3n) is 9.34. The Morgan fingerprint density at radius 3 is 2.31 bits per heavy atom. The van der Waals surface area contributed by atoms with Gasteiger partial charge in [0.25, 0.3) is 0 Å². The highest BCUT2D eigenvalue weighted by molar-refractivity contribution is 5.82. The summed E-state index contributed by atoms with van der Waals surface area (Å²) < 4.78 is 40.3. The molecule has 4 rings (SSSR count). The number of para-hydroxylation sites is 1. The van der Waals surface area contributed by atoms with Crippen molar-refractivity contribution in [3.05, 3.63) is 83.4 Å². The molecule has 1 fully saturated rings. The Bertz CT molecular complexity index is 1470. The van der Waals surface area contributed by atoms with Crippen LogP contribution < -0.4 is 24.7 Å². The molecule has 3 aromatic carbocycles. The SMILES string of the molecule is CC[C@H](C)[C@H](N)C(=O)N1C[C@@H](O)C(c2ccc(OCCCOCc3ccccc3OC)cc2)[C@@H](OCc2ccc(OC)c(OCCCOC)c2)C1. The van der Waals surface area contributed by atoms with Crippen molar-refractivity contribution in [3.8, 4) is 23.0 Å². The third-order valence-corrected chi connectivity index (χ3v) is 9.34. The van der Waals surface area contributed by atoms with Crippen LogP contribution in [0.5, 0.6) is 23.0 Å². The number of nitrogens with two attached hydrogens (primary N) is 1. The predicted molar refractivity (Wildman–Crippen MR) is 196 cm³/mol. The van der Waals surface area contributed by atoms with Crippen molar-refractivity contribution in [3.63, 3.8) is 0 Å². The Labute approximate surface area is 302 Å². The van der Waals surface area contributed by atoms with Gasteiger partial charge in [0, 0.05) is 51.1 Å². The summed E-state index contributed by atoms with van der Waals surface area (Å²) in [4.78, 5) is 15.1. The molecular weight excluding hydrogens is 652 g/mol. The van der Waals surface area contributed by atoms with Crippen LogP contribution in [-0.4, -0.2) is 95.0 Å². The number of amides is 1. The first-order valence-electron chi connectivity index (χ1n) is 17.8. The zero-order valence-electron chi connectivity index (χ0n) is 30.8. The lowest BCUT2D eigenvalue weighted by molar-refractivity contribution is -0.144. The monoisotopic (exact) mass is 708 g/mol. The zero-order chi connectivity index (χ0) is 36.6. The topological polar surface area (TPSA) is 131 Å². The van der Waals surface area contributed by atoms with Crippen LogP contribution in [0, 0.1) is 5.92 Å². The van der Waals surface area contributed by atoms with Gasteiger partial charge in [-0.15, -0.1) is 0 Å². The summed E-state index contributed by atoms with van der Waals surface area (Å²) in [6, 6.07) is 20.6. The number of aliphatic hydroxyl groups excluding tert-OH is 1. The summed E-state index contributed by atoms with van der Waals surface area (Å²) in [6.45, 7) is 7.29. The number of methoxy groups -OCH3 is 3. The molecule has 0 aromatic heterocycles. The lowest BCUT2D eigenvalue weighted by atomic mass is 9.84. The molecule has 0 aliphatic carbocycles. The van der Waals surface area contributed by atoms with Crippen LogP contribution in [0.3, 0.4) is 0 Å². The van der Waals surface area contributed by atoms with Gasteiger partial charge in [0.05, 0.1) is 65.5 Å². The number of nitrogens with zero attached hydrogens (tertiary/aromatic N) is 1. The Hall–Kier alpha value is -3.87. The number of aliphatic hydroxyl groups is 1. The van der Waals surface area contributed by atoms with Crippen molar-refractivity contribution in [2.24, 2.45) is 11.7 Å². The fraction of sp³-hybridized carbons (Fsp3) is 0.525. The summed E-state index contributed by atoms with van der Waals surface area (Å²) >= 11 is 0. The molecule has 0 spiro atoms. The van der Waals surface area contributed by atoms with Crippen LogP contribution in [-0.2, 0) is 32.2 Å². The lowest BCUT2D eigenvalue weighted by Crippen LogP contribution is -2.57. The number of piperidine rings is 1. The minimum absolute atomic E-state index is 0.0137. The van der Waals surface area contributed by atoms with Crippen LogP contribution in [0.1, 0.15) is 55.7 Å². The van der Waals surface area contributed by atoms with E-state index in [1.54, 1.807) is 26.2 Å². The van der Waals surface area contributed by atoms with Crippen LogP contribution in [0.25, 0.3) is 0 Å². The molecule has 5 atom stereocenters. The third kappa shape index (κ3) is 11.6. The van der Waals surface area contributed by atoms with E-state index in [1.807, 2.05) is 80.6 Å². The van der Waals surface area contributed by atoms with E-state index in [-0.39, 0.29) is 30.9 Å². The van der Waals surface area contributed by atoms with E-state index in [0.29, 0.717) is 51.1 Å². The van der Waals surface area contributed by atoms with Gasteiger partial charge in [-0.2, -0.15) is 0 Å². The molecule has 11 heteroatoms. The maximum Gasteiger partial charge on any atom is 0.239 e. The average Bonchev–Trinajstić information content (AvgIpc) is 3.16. The number of likely N-dealkylation sites (tertiary alicyclic amines) is 1. The number of carbonyl (C=O) groups excluding carboxylic acids is 1. The first-order valence-corrected chi connectivity index (χ1v) is 17.8. The second-order valence-electron chi connectivity index (χ2n) is 12.9. The molecule has 0 radical (unpaired) electrons. The van der Waals surface area contributed by atoms with Gasteiger partial charge in [-0.05, 0) is 47.4 Å². The van der Waals surface area contributed by atoms with E-state index in [1.165, 1.54) is 0 Å². The van der Waals surface area contributed by atoms with Gasteiger partial charge in [0.1, 0.15) is 11.5 Å². The Morgan fingerprint density at radius 2 is 1.59 bits per heavy atom. The normalized spacial score (nSPS) is 18.6. The summed E-state index contributed by atoms with van der Waals surface area (Å²) in [5.41, 5.74) is 9.13. The standard InChI is InChI=1S/C40H56N2O9/c1-6-28(2)39(41)40(44)42-24-33(43)38(37(25-42)51-26-29-13-18-35(47-5)36(23-29)50-22-9-19-45-3)30-14-16-32(17-15-30)49-21-10-20-48-27-31-11-7-8-12-34(31)46-4/h7-8,11-18,23,28,33,37-39,43H,6,9-10,19-22,24-27,41H2,1-5H3/t28-,33+,37-,38?,39-/m0/s1. The second kappa shape index (κ2) is 20.8. The largest absolute Gasteiger partial charge is 0.496 e. The number of benzene rings is 3. The molecule has 51 heavy (non-hydrogen) atoms. The number of hydrogen-bond acceptors (Lipinski definition) is 10. The minimum atomic E-state index is -0.862. The van der Waals surface area contributed by atoms with Crippen molar-refractivity contribution < 1.29 is 43.1 Å². The fourth-order valence-electron chi connectivity index (χ4n) is 6.13. The zero-order valence-corrected chi connectivity index (χ0v) is 30.8. The van der Waals surface area contributed by atoms with Gasteiger partial charge in [-0.1, -0.05) is 56.7 Å². The summed E-state index contributed by atoms with van der Waals surface area (Å²) in [5, 5.41) is 11.5. The smallest absolute Gasteiger partial charge is 0.239 e. The maximum atomic E-state index is 13.4. The van der Waals surface area contributed by atoms with Crippen LogP contribution >= 0.6 is 0 Å². The van der Waals surface area contributed by atoms with E-state index < -0.39 is 18.2 Å². The average molecular weight is 709 g/mol.